The fourth-order valence-electron chi connectivity index (χ4n) is 1.70. The molecule has 0 bridgehead atoms. The first-order valence-corrected chi connectivity index (χ1v) is 7.44. The molecule has 4 heteroatoms. The summed E-state index contributed by atoms with van der Waals surface area (Å²) in [5.41, 5.74) is -0.0290. The van der Waals surface area contributed by atoms with Crippen LogP contribution < -0.4 is 10.1 Å². The molecule has 0 radical (unpaired) electrons. The summed E-state index contributed by atoms with van der Waals surface area (Å²) in [5, 5.41) is 3.39. The molecule has 20 heavy (non-hydrogen) atoms. The number of hydrogen-bond donors (Lipinski definition) is 1. The molecule has 114 valence electrons. The summed E-state index contributed by atoms with van der Waals surface area (Å²) in [4.78, 5) is 9.09. The van der Waals surface area contributed by atoms with E-state index in [4.69, 9.17) is 4.74 Å². The van der Waals surface area contributed by atoms with Crippen LogP contribution in [0.4, 0.5) is 5.82 Å². The normalized spacial score (nSPS) is 12.1. The summed E-state index contributed by atoms with van der Waals surface area (Å²) in [6.07, 6.45) is 0.859. The van der Waals surface area contributed by atoms with Crippen LogP contribution in [0.25, 0.3) is 0 Å². The molecule has 0 saturated heterocycles. The molecule has 1 aromatic rings. The molecular formula is C16H29N3O. The molecule has 1 heterocycles. The summed E-state index contributed by atoms with van der Waals surface area (Å²) in [5.74, 6) is 3.35. The highest BCUT2D eigenvalue weighted by molar-refractivity contribution is 5.40. The van der Waals surface area contributed by atoms with Gasteiger partial charge in [0.05, 0.1) is 6.61 Å². The van der Waals surface area contributed by atoms with Gasteiger partial charge in [0, 0.05) is 18.0 Å². The summed E-state index contributed by atoms with van der Waals surface area (Å²) >= 11 is 0. The second-order valence-electron chi connectivity index (χ2n) is 7.19. The Bertz CT molecular complexity index is 422. The van der Waals surface area contributed by atoms with E-state index in [1.807, 2.05) is 6.07 Å². The van der Waals surface area contributed by atoms with Crippen LogP contribution in [0.2, 0.25) is 0 Å². The maximum atomic E-state index is 5.75. The van der Waals surface area contributed by atoms with Crippen LogP contribution in [0.1, 0.15) is 54.3 Å². The molecule has 0 spiro atoms. The molecule has 0 atom stereocenters. The maximum absolute atomic E-state index is 5.75. The van der Waals surface area contributed by atoms with Crippen LogP contribution in [-0.4, -0.2) is 22.1 Å². The molecule has 0 aliphatic carbocycles. The highest BCUT2D eigenvalue weighted by Crippen LogP contribution is 2.19. The second kappa shape index (κ2) is 6.91. The van der Waals surface area contributed by atoms with Gasteiger partial charge in [-0.05, 0) is 32.6 Å². The fraction of sp³-hybridized carbons (Fsp3) is 0.750. The van der Waals surface area contributed by atoms with Crippen molar-refractivity contribution in [2.45, 2.75) is 60.4 Å². The lowest BCUT2D eigenvalue weighted by molar-refractivity contribution is 0.260. The van der Waals surface area contributed by atoms with Gasteiger partial charge in [0.1, 0.15) is 11.6 Å². The summed E-state index contributed by atoms with van der Waals surface area (Å²) in [6, 6.07) is 1.89. The molecule has 0 saturated carbocycles. The lowest BCUT2D eigenvalue weighted by Gasteiger charge is -2.22. The predicted octanol–water partition coefficient (Wildman–Crippen LogP) is 3.92. The molecule has 0 aliphatic heterocycles. The van der Waals surface area contributed by atoms with Crippen LogP contribution in [0, 0.1) is 11.8 Å². The van der Waals surface area contributed by atoms with Crippen LogP contribution in [0.3, 0.4) is 0 Å². The third-order valence-electron chi connectivity index (χ3n) is 2.41. The van der Waals surface area contributed by atoms with Crippen molar-refractivity contribution in [1.29, 1.82) is 0 Å². The number of rotatable bonds is 6. The Morgan fingerprint density at radius 1 is 1.10 bits per heavy atom. The first-order valence-electron chi connectivity index (χ1n) is 7.44. The first-order chi connectivity index (χ1) is 9.15. The van der Waals surface area contributed by atoms with Gasteiger partial charge < -0.3 is 10.1 Å². The molecule has 4 nitrogen and oxygen atoms in total. The van der Waals surface area contributed by atoms with Crippen LogP contribution in [-0.2, 0) is 6.42 Å². The van der Waals surface area contributed by atoms with Crippen LogP contribution in [0.15, 0.2) is 6.07 Å². The summed E-state index contributed by atoms with van der Waals surface area (Å²) in [7, 11) is 0. The number of hydrogen-bond acceptors (Lipinski definition) is 4. The third-order valence-corrected chi connectivity index (χ3v) is 2.41. The molecule has 0 amide bonds. The van der Waals surface area contributed by atoms with Crippen molar-refractivity contribution >= 4 is 5.82 Å². The molecule has 1 aromatic heterocycles. The zero-order valence-corrected chi connectivity index (χ0v) is 13.9. The van der Waals surface area contributed by atoms with Gasteiger partial charge in [-0.2, -0.15) is 4.98 Å². The van der Waals surface area contributed by atoms with E-state index in [2.05, 4.69) is 63.8 Å². The van der Waals surface area contributed by atoms with Gasteiger partial charge in [0.15, 0.2) is 0 Å². The van der Waals surface area contributed by atoms with E-state index in [0.29, 0.717) is 24.3 Å². The standard InChI is InChI=1S/C16H29N3O/c1-11(2)8-13-17-14(19-16(5,6)7)9-15(18-13)20-10-12(3)4/h9,11-12H,8,10H2,1-7H3,(H,17,18,19). The van der Waals surface area contributed by atoms with Gasteiger partial charge in [-0.3, -0.25) is 0 Å². The largest absolute Gasteiger partial charge is 0.477 e. The van der Waals surface area contributed by atoms with Gasteiger partial charge in [-0.1, -0.05) is 27.7 Å². The topological polar surface area (TPSA) is 47.0 Å². The van der Waals surface area contributed by atoms with Gasteiger partial charge in [0.2, 0.25) is 5.88 Å². The minimum atomic E-state index is -0.0290. The number of ether oxygens (including phenoxy) is 1. The van der Waals surface area contributed by atoms with E-state index in [1.165, 1.54) is 0 Å². The number of nitrogens with zero attached hydrogens (tertiary/aromatic N) is 2. The maximum Gasteiger partial charge on any atom is 0.218 e. The zero-order valence-electron chi connectivity index (χ0n) is 13.9. The van der Waals surface area contributed by atoms with Crippen LogP contribution in [0.5, 0.6) is 5.88 Å². The van der Waals surface area contributed by atoms with Crippen LogP contribution >= 0.6 is 0 Å². The van der Waals surface area contributed by atoms with Crippen molar-refractivity contribution in [1.82, 2.24) is 9.97 Å². The molecule has 0 unspecified atom stereocenters. The Morgan fingerprint density at radius 3 is 2.25 bits per heavy atom. The van der Waals surface area contributed by atoms with E-state index in [9.17, 15) is 0 Å². The lowest BCUT2D eigenvalue weighted by Crippen LogP contribution is -2.27. The Morgan fingerprint density at radius 2 is 1.75 bits per heavy atom. The van der Waals surface area contributed by atoms with Gasteiger partial charge >= 0.3 is 0 Å². The lowest BCUT2D eigenvalue weighted by atomic mass is 10.1. The molecule has 0 fully saturated rings. The Labute approximate surface area is 123 Å². The van der Waals surface area contributed by atoms with Crippen molar-refractivity contribution in [3.8, 4) is 5.88 Å². The summed E-state index contributed by atoms with van der Waals surface area (Å²) in [6.45, 7) is 15.6. The average Bonchev–Trinajstić information content (AvgIpc) is 2.22. The monoisotopic (exact) mass is 279 g/mol. The van der Waals surface area contributed by atoms with Gasteiger partial charge in [-0.25, -0.2) is 4.98 Å². The number of nitrogens with one attached hydrogen (secondary N) is 1. The summed E-state index contributed by atoms with van der Waals surface area (Å²) < 4.78 is 5.75. The highest BCUT2D eigenvalue weighted by atomic mass is 16.5. The Hall–Kier alpha value is -1.32. The molecule has 0 aromatic carbocycles. The first kappa shape index (κ1) is 16.7. The number of anilines is 1. The molecule has 1 N–H and O–H groups in total. The SMILES string of the molecule is CC(C)COc1cc(NC(C)(C)C)nc(CC(C)C)n1. The Kier molecular flexibility index (Phi) is 5.78. The fourth-order valence-corrected chi connectivity index (χ4v) is 1.70. The van der Waals surface area contributed by atoms with E-state index in [0.717, 1.165) is 18.1 Å². The van der Waals surface area contributed by atoms with E-state index < -0.39 is 0 Å². The van der Waals surface area contributed by atoms with Crippen molar-refractivity contribution in [2.24, 2.45) is 11.8 Å². The molecule has 1 rings (SSSR count). The smallest absolute Gasteiger partial charge is 0.218 e. The second-order valence-corrected chi connectivity index (χ2v) is 7.19. The molecule has 0 aliphatic rings. The van der Waals surface area contributed by atoms with Gasteiger partial charge in [0.25, 0.3) is 0 Å². The molecular weight excluding hydrogens is 250 g/mol. The predicted molar refractivity (Wildman–Crippen MR) is 84.3 cm³/mol. The van der Waals surface area contributed by atoms with E-state index >= 15 is 0 Å². The zero-order chi connectivity index (χ0) is 15.3. The highest BCUT2D eigenvalue weighted by Gasteiger charge is 2.14. The van der Waals surface area contributed by atoms with E-state index in [-0.39, 0.29) is 5.54 Å². The van der Waals surface area contributed by atoms with Gasteiger partial charge in [-0.15, -0.1) is 0 Å². The third kappa shape index (κ3) is 6.73. The quantitative estimate of drug-likeness (QED) is 0.857. The van der Waals surface area contributed by atoms with Crippen molar-refractivity contribution in [3.05, 3.63) is 11.9 Å². The van der Waals surface area contributed by atoms with Crippen molar-refractivity contribution in [2.75, 3.05) is 11.9 Å². The minimum Gasteiger partial charge on any atom is -0.477 e. The van der Waals surface area contributed by atoms with Crippen molar-refractivity contribution < 1.29 is 4.74 Å². The van der Waals surface area contributed by atoms with Crippen molar-refractivity contribution in [3.63, 3.8) is 0 Å². The van der Waals surface area contributed by atoms with E-state index in [1.54, 1.807) is 0 Å². The Balaban J connectivity index is 2.94. The minimum absolute atomic E-state index is 0.0290. The average molecular weight is 279 g/mol. The number of aromatic nitrogens is 2.